The zero-order chi connectivity index (χ0) is 14.4. The van der Waals surface area contributed by atoms with Crippen molar-refractivity contribution < 1.29 is 9.53 Å². The normalized spacial score (nSPS) is 11.7. The first-order valence-electron chi connectivity index (χ1n) is 6.69. The second-order valence-corrected chi connectivity index (χ2v) is 4.77. The number of benzene rings is 2. The van der Waals surface area contributed by atoms with E-state index >= 15 is 0 Å². The number of carbonyl (C=O) groups excluding carboxylic acids is 1. The summed E-state index contributed by atoms with van der Waals surface area (Å²) in [5.74, 6) is 0.775. The third-order valence-electron chi connectivity index (χ3n) is 3.03. The molecule has 2 aromatic rings. The average molecular weight is 269 g/mol. The van der Waals surface area contributed by atoms with Gasteiger partial charge in [-0.2, -0.15) is 0 Å². The molecule has 20 heavy (non-hydrogen) atoms. The summed E-state index contributed by atoms with van der Waals surface area (Å²) >= 11 is 0. The number of rotatable bonds is 5. The fourth-order valence-electron chi connectivity index (χ4n) is 2.00. The molecule has 0 aromatic heterocycles. The molecule has 0 saturated heterocycles. The summed E-state index contributed by atoms with van der Waals surface area (Å²) in [6.45, 7) is 4.02. The molecule has 0 fully saturated rings. The maximum Gasteiger partial charge on any atom is 0.217 e. The Balaban J connectivity index is 2.01. The van der Waals surface area contributed by atoms with E-state index in [1.165, 1.54) is 6.92 Å². The van der Waals surface area contributed by atoms with Gasteiger partial charge in [0.15, 0.2) is 0 Å². The minimum absolute atomic E-state index is 0.0206. The van der Waals surface area contributed by atoms with Gasteiger partial charge in [-0.05, 0) is 30.2 Å². The van der Waals surface area contributed by atoms with Gasteiger partial charge in [-0.25, -0.2) is 0 Å². The number of hydrogen-bond donors (Lipinski definition) is 1. The second-order valence-electron chi connectivity index (χ2n) is 4.77. The van der Waals surface area contributed by atoms with Crippen LogP contribution in [-0.2, 0) is 11.4 Å². The Bertz CT molecular complexity index is 566. The largest absolute Gasteiger partial charge is 0.489 e. The van der Waals surface area contributed by atoms with Gasteiger partial charge in [0.05, 0.1) is 6.04 Å². The maximum atomic E-state index is 11.1. The molecule has 1 unspecified atom stereocenters. The third kappa shape index (κ3) is 4.12. The first-order chi connectivity index (χ1) is 9.65. The van der Waals surface area contributed by atoms with Crippen molar-refractivity contribution in [3.63, 3.8) is 0 Å². The molecule has 1 amide bonds. The molecule has 0 spiro atoms. The Morgan fingerprint density at radius 1 is 1.15 bits per heavy atom. The molecule has 0 aliphatic heterocycles. The number of hydrogen-bond acceptors (Lipinski definition) is 2. The first-order valence-corrected chi connectivity index (χ1v) is 6.69. The lowest BCUT2D eigenvalue weighted by atomic mass is 10.1. The Kier molecular flexibility index (Phi) is 4.77. The van der Waals surface area contributed by atoms with Crippen LogP contribution in [0.4, 0.5) is 0 Å². The highest BCUT2D eigenvalue weighted by atomic mass is 16.5. The molecule has 0 heterocycles. The molecule has 0 aliphatic carbocycles. The van der Waals surface area contributed by atoms with Crippen LogP contribution in [0.2, 0.25) is 0 Å². The fourth-order valence-corrected chi connectivity index (χ4v) is 2.00. The SMILES string of the molecule is CC(=O)NC(C)c1cccc(OCc2ccccc2)c1. The Labute approximate surface area is 119 Å². The molecular formula is C17H19NO2. The topological polar surface area (TPSA) is 38.3 Å². The first kappa shape index (κ1) is 14.1. The van der Waals surface area contributed by atoms with Crippen LogP contribution < -0.4 is 10.1 Å². The van der Waals surface area contributed by atoms with Crippen molar-refractivity contribution >= 4 is 5.91 Å². The zero-order valence-corrected chi connectivity index (χ0v) is 11.8. The molecule has 1 atom stereocenters. The maximum absolute atomic E-state index is 11.1. The monoisotopic (exact) mass is 269 g/mol. The van der Waals surface area contributed by atoms with Crippen molar-refractivity contribution in [2.24, 2.45) is 0 Å². The van der Waals surface area contributed by atoms with Crippen LogP contribution in [0.1, 0.15) is 31.0 Å². The smallest absolute Gasteiger partial charge is 0.217 e. The van der Waals surface area contributed by atoms with Gasteiger partial charge in [0, 0.05) is 6.92 Å². The summed E-state index contributed by atoms with van der Waals surface area (Å²) in [6, 6.07) is 17.8. The van der Waals surface area contributed by atoms with E-state index in [0.717, 1.165) is 16.9 Å². The minimum atomic E-state index is -0.0342. The summed E-state index contributed by atoms with van der Waals surface area (Å²) in [7, 11) is 0. The van der Waals surface area contributed by atoms with Gasteiger partial charge in [0.1, 0.15) is 12.4 Å². The summed E-state index contributed by atoms with van der Waals surface area (Å²) in [5.41, 5.74) is 2.17. The third-order valence-corrected chi connectivity index (χ3v) is 3.03. The van der Waals surface area contributed by atoms with Gasteiger partial charge in [0.2, 0.25) is 5.91 Å². The van der Waals surface area contributed by atoms with Crippen LogP contribution in [0.25, 0.3) is 0 Å². The molecule has 104 valence electrons. The Hall–Kier alpha value is -2.29. The molecule has 0 radical (unpaired) electrons. The molecule has 3 nitrogen and oxygen atoms in total. The highest BCUT2D eigenvalue weighted by Crippen LogP contribution is 2.20. The van der Waals surface area contributed by atoms with Crippen molar-refractivity contribution in [2.45, 2.75) is 26.5 Å². The Morgan fingerprint density at radius 2 is 1.90 bits per heavy atom. The van der Waals surface area contributed by atoms with E-state index in [0.29, 0.717) is 6.61 Å². The van der Waals surface area contributed by atoms with Crippen LogP contribution in [0.3, 0.4) is 0 Å². The van der Waals surface area contributed by atoms with E-state index in [9.17, 15) is 4.79 Å². The van der Waals surface area contributed by atoms with Crippen LogP contribution in [0.15, 0.2) is 54.6 Å². The lowest BCUT2D eigenvalue weighted by molar-refractivity contribution is -0.119. The summed E-state index contributed by atoms with van der Waals surface area (Å²) in [6.07, 6.45) is 0. The molecule has 0 bridgehead atoms. The molecule has 0 aliphatic rings. The van der Waals surface area contributed by atoms with E-state index in [-0.39, 0.29) is 11.9 Å². The van der Waals surface area contributed by atoms with E-state index in [1.54, 1.807) is 0 Å². The van der Waals surface area contributed by atoms with Crippen molar-refractivity contribution in [3.05, 3.63) is 65.7 Å². The van der Waals surface area contributed by atoms with E-state index in [2.05, 4.69) is 5.32 Å². The van der Waals surface area contributed by atoms with Crippen molar-refractivity contribution in [2.75, 3.05) is 0 Å². The fraction of sp³-hybridized carbons (Fsp3) is 0.235. The molecule has 0 saturated carbocycles. The minimum Gasteiger partial charge on any atom is -0.489 e. The highest BCUT2D eigenvalue weighted by Gasteiger charge is 2.07. The van der Waals surface area contributed by atoms with Gasteiger partial charge >= 0.3 is 0 Å². The van der Waals surface area contributed by atoms with Gasteiger partial charge in [-0.1, -0.05) is 42.5 Å². The number of carbonyl (C=O) groups is 1. The molecule has 3 heteroatoms. The van der Waals surface area contributed by atoms with E-state index < -0.39 is 0 Å². The van der Waals surface area contributed by atoms with Gasteiger partial charge in [-0.3, -0.25) is 4.79 Å². The van der Waals surface area contributed by atoms with Crippen LogP contribution in [0.5, 0.6) is 5.75 Å². The van der Waals surface area contributed by atoms with Gasteiger partial charge in [0.25, 0.3) is 0 Å². The lowest BCUT2D eigenvalue weighted by Crippen LogP contribution is -2.23. The van der Waals surface area contributed by atoms with E-state index in [4.69, 9.17) is 4.74 Å². The predicted octanol–water partition coefficient (Wildman–Crippen LogP) is 3.46. The van der Waals surface area contributed by atoms with Gasteiger partial charge < -0.3 is 10.1 Å². The predicted molar refractivity (Wildman–Crippen MR) is 79.4 cm³/mol. The summed E-state index contributed by atoms with van der Waals surface area (Å²) in [5, 5.41) is 2.87. The standard InChI is InChI=1S/C17H19NO2/c1-13(18-14(2)19)16-9-6-10-17(11-16)20-12-15-7-4-3-5-8-15/h3-11,13H,12H2,1-2H3,(H,18,19). The average Bonchev–Trinajstić information content (AvgIpc) is 2.46. The molecule has 1 N–H and O–H groups in total. The van der Waals surface area contributed by atoms with Crippen LogP contribution in [-0.4, -0.2) is 5.91 Å². The molecule has 2 rings (SSSR count). The number of amides is 1. The molecule has 2 aromatic carbocycles. The molecular weight excluding hydrogens is 250 g/mol. The van der Waals surface area contributed by atoms with E-state index in [1.807, 2.05) is 61.5 Å². The zero-order valence-electron chi connectivity index (χ0n) is 11.8. The van der Waals surface area contributed by atoms with Gasteiger partial charge in [-0.15, -0.1) is 0 Å². The lowest BCUT2D eigenvalue weighted by Gasteiger charge is -2.14. The number of ether oxygens (including phenoxy) is 1. The highest BCUT2D eigenvalue weighted by molar-refractivity contribution is 5.73. The van der Waals surface area contributed by atoms with Crippen LogP contribution in [0, 0.1) is 0 Å². The summed E-state index contributed by atoms with van der Waals surface area (Å²) < 4.78 is 5.78. The quantitative estimate of drug-likeness (QED) is 0.902. The van der Waals surface area contributed by atoms with Crippen molar-refractivity contribution in [1.29, 1.82) is 0 Å². The van der Waals surface area contributed by atoms with Crippen molar-refractivity contribution in [1.82, 2.24) is 5.32 Å². The summed E-state index contributed by atoms with van der Waals surface area (Å²) in [4.78, 5) is 11.1. The van der Waals surface area contributed by atoms with Crippen LogP contribution >= 0.6 is 0 Å². The van der Waals surface area contributed by atoms with Crippen molar-refractivity contribution in [3.8, 4) is 5.75 Å². The second kappa shape index (κ2) is 6.75. The number of nitrogens with one attached hydrogen (secondary N) is 1. The Morgan fingerprint density at radius 3 is 2.60 bits per heavy atom.